The predicted molar refractivity (Wildman–Crippen MR) is 38.0 cm³/mol. The highest BCUT2D eigenvalue weighted by atomic mass is 35.5. The van der Waals surface area contributed by atoms with E-state index in [9.17, 15) is 0 Å². The lowest BCUT2D eigenvalue weighted by Crippen LogP contribution is -1.84. The molecular formula is C6H4ClN3. The minimum absolute atomic E-state index is 0.576. The van der Waals surface area contributed by atoms with Crippen LogP contribution >= 0.6 is 11.6 Å². The van der Waals surface area contributed by atoms with Crippen LogP contribution in [0.3, 0.4) is 0 Å². The standard InChI is InChI=1S/C6H4ClN3/c7-5-3-8-4-10-2-1-9-6(5)10/h1-4H. The topological polar surface area (TPSA) is 30.2 Å². The van der Waals surface area contributed by atoms with Crippen molar-refractivity contribution in [2.75, 3.05) is 0 Å². The van der Waals surface area contributed by atoms with E-state index in [1.54, 1.807) is 29.3 Å². The number of nitrogens with zero attached hydrogens (tertiary/aromatic N) is 3. The average Bonchev–Trinajstić information content (AvgIpc) is 2.36. The van der Waals surface area contributed by atoms with Crippen molar-refractivity contribution in [3.63, 3.8) is 0 Å². The van der Waals surface area contributed by atoms with Gasteiger partial charge in [0.25, 0.3) is 0 Å². The first kappa shape index (κ1) is 5.68. The van der Waals surface area contributed by atoms with E-state index in [1.807, 2.05) is 0 Å². The summed E-state index contributed by atoms with van der Waals surface area (Å²) in [6.07, 6.45) is 6.72. The van der Waals surface area contributed by atoms with E-state index in [0.29, 0.717) is 5.02 Å². The zero-order chi connectivity index (χ0) is 6.97. The summed E-state index contributed by atoms with van der Waals surface area (Å²) in [5.41, 5.74) is 0.747. The van der Waals surface area contributed by atoms with Crippen molar-refractivity contribution in [2.24, 2.45) is 0 Å². The zero-order valence-electron chi connectivity index (χ0n) is 5.03. The lowest BCUT2D eigenvalue weighted by molar-refractivity contribution is 1.09. The molecule has 10 heavy (non-hydrogen) atoms. The fraction of sp³-hybridized carbons (Fsp3) is 0. The predicted octanol–water partition coefficient (Wildman–Crippen LogP) is 1.38. The van der Waals surface area contributed by atoms with E-state index >= 15 is 0 Å². The smallest absolute Gasteiger partial charge is 0.158 e. The number of aromatic nitrogens is 3. The van der Waals surface area contributed by atoms with Crippen LogP contribution in [0.15, 0.2) is 24.9 Å². The second kappa shape index (κ2) is 1.95. The highest BCUT2D eigenvalue weighted by Gasteiger charge is 1.96. The minimum atomic E-state index is 0.576. The number of rotatable bonds is 0. The van der Waals surface area contributed by atoms with Crippen molar-refractivity contribution in [3.8, 4) is 0 Å². The summed E-state index contributed by atoms with van der Waals surface area (Å²) in [6.45, 7) is 0. The van der Waals surface area contributed by atoms with Crippen LogP contribution in [0.25, 0.3) is 5.65 Å². The largest absolute Gasteiger partial charge is 0.289 e. The van der Waals surface area contributed by atoms with Crippen LogP contribution in [0.5, 0.6) is 0 Å². The zero-order valence-corrected chi connectivity index (χ0v) is 5.78. The van der Waals surface area contributed by atoms with E-state index < -0.39 is 0 Å². The van der Waals surface area contributed by atoms with Crippen molar-refractivity contribution < 1.29 is 0 Å². The quantitative estimate of drug-likeness (QED) is 0.573. The SMILES string of the molecule is Clc1cncn2ccnc12. The van der Waals surface area contributed by atoms with Gasteiger partial charge in [-0.2, -0.15) is 0 Å². The van der Waals surface area contributed by atoms with Gasteiger partial charge in [-0.05, 0) is 0 Å². The first-order valence-corrected chi connectivity index (χ1v) is 3.18. The van der Waals surface area contributed by atoms with E-state index in [2.05, 4.69) is 9.97 Å². The van der Waals surface area contributed by atoms with E-state index in [-0.39, 0.29) is 0 Å². The summed E-state index contributed by atoms with van der Waals surface area (Å²) in [4.78, 5) is 7.88. The Morgan fingerprint density at radius 3 is 3.20 bits per heavy atom. The van der Waals surface area contributed by atoms with Crippen molar-refractivity contribution in [3.05, 3.63) is 29.9 Å². The van der Waals surface area contributed by atoms with Gasteiger partial charge in [-0.15, -0.1) is 0 Å². The van der Waals surface area contributed by atoms with Gasteiger partial charge in [-0.1, -0.05) is 11.6 Å². The molecule has 0 N–H and O–H groups in total. The molecular weight excluding hydrogens is 150 g/mol. The van der Waals surface area contributed by atoms with Gasteiger partial charge in [0.05, 0.1) is 6.20 Å². The summed E-state index contributed by atoms with van der Waals surface area (Å²) in [6, 6.07) is 0. The molecule has 0 saturated heterocycles. The Bertz CT molecular complexity index is 355. The van der Waals surface area contributed by atoms with Crippen molar-refractivity contribution in [1.82, 2.24) is 14.4 Å². The maximum absolute atomic E-state index is 5.75. The van der Waals surface area contributed by atoms with Crippen LogP contribution in [0.1, 0.15) is 0 Å². The highest BCUT2D eigenvalue weighted by molar-refractivity contribution is 6.33. The average molecular weight is 154 g/mol. The third kappa shape index (κ3) is 0.675. The summed E-state index contributed by atoms with van der Waals surface area (Å²) in [5, 5.41) is 0.576. The molecule has 0 bridgehead atoms. The Morgan fingerprint density at radius 2 is 2.40 bits per heavy atom. The second-order valence-electron chi connectivity index (χ2n) is 1.90. The lowest BCUT2D eigenvalue weighted by Gasteiger charge is -1.91. The molecule has 2 heterocycles. The molecule has 2 aromatic rings. The minimum Gasteiger partial charge on any atom is -0.289 e. The Kier molecular flexibility index (Phi) is 1.11. The molecule has 0 unspecified atom stereocenters. The first-order chi connectivity index (χ1) is 4.88. The number of hydrogen-bond acceptors (Lipinski definition) is 2. The van der Waals surface area contributed by atoms with Crippen LogP contribution in [-0.4, -0.2) is 14.4 Å². The van der Waals surface area contributed by atoms with Crippen molar-refractivity contribution in [2.45, 2.75) is 0 Å². The van der Waals surface area contributed by atoms with Gasteiger partial charge in [0.2, 0.25) is 0 Å². The lowest BCUT2D eigenvalue weighted by atomic mass is 10.6. The highest BCUT2D eigenvalue weighted by Crippen LogP contribution is 2.11. The van der Waals surface area contributed by atoms with Gasteiger partial charge >= 0.3 is 0 Å². The molecule has 0 atom stereocenters. The maximum Gasteiger partial charge on any atom is 0.158 e. The third-order valence-corrected chi connectivity index (χ3v) is 1.53. The van der Waals surface area contributed by atoms with Crippen LogP contribution in [0.4, 0.5) is 0 Å². The monoisotopic (exact) mass is 153 g/mol. The fourth-order valence-corrected chi connectivity index (χ4v) is 1.02. The van der Waals surface area contributed by atoms with Gasteiger partial charge in [-0.25, -0.2) is 9.97 Å². The number of halogens is 1. The van der Waals surface area contributed by atoms with E-state index in [0.717, 1.165) is 5.65 Å². The Balaban J connectivity index is 2.95. The summed E-state index contributed by atoms with van der Waals surface area (Å²) >= 11 is 5.75. The van der Waals surface area contributed by atoms with E-state index in [4.69, 9.17) is 11.6 Å². The molecule has 0 aromatic carbocycles. The molecule has 0 spiro atoms. The van der Waals surface area contributed by atoms with Gasteiger partial charge in [0, 0.05) is 12.4 Å². The fourth-order valence-electron chi connectivity index (χ4n) is 0.820. The third-order valence-electron chi connectivity index (χ3n) is 1.26. The molecule has 0 fully saturated rings. The van der Waals surface area contributed by atoms with Gasteiger partial charge in [0.1, 0.15) is 11.3 Å². The molecule has 50 valence electrons. The maximum atomic E-state index is 5.75. The second-order valence-corrected chi connectivity index (χ2v) is 2.31. The molecule has 4 heteroatoms. The van der Waals surface area contributed by atoms with Crippen molar-refractivity contribution in [1.29, 1.82) is 0 Å². The first-order valence-electron chi connectivity index (χ1n) is 2.80. The molecule has 0 aliphatic carbocycles. The molecule has 0 aliphatic heterocycles. The van der Waals surface area contributed by atoms with Crippen molar-refractivity contribution >= 4 is 17.2 Å². The van der Waals surface area contributed by atoms with Gasteiger partial charge < -0.3 is 0 Å². The van der Waals surface area contributed by atoms with Gasteiger partial charge in [0.15, 0.2) is 5.65 Å². The summed E-state index contributed by atoms with van der Waals surface area (Å²) in [5.74, 6) is 0. The molecule has 2 aromatic heterocycles. The molecule has 0 aliphatic rings. The van der Waals surface area contributed by atoms with Gasteiger partial charge in [-0.3, -0.25) is 4.40 Å². The molecule has 0 saturated carbocycles. The summed E-state index contributed by atoms with van der Waals surface area (Å²) in [7, 11) is 0. The van der Waals surface area contributed by atoms with E-state index in [1.165, 1.54) is 0 Å². The number of imidazole rings is 1. The van der Waals surface area contributed by atoms with Crippen LogP contribution in [0.2, 0.25) is 5.02 Å². The van der Waals surface area contributed by atoms with Crippen LogP contribution in [-0.2, 0) is 0 Å². The van der Waals surface area contributed by atoms with Crippen LogP contribution < -0.4 is 0 Å². The molecule has 3 nitrogen and oxygen atoms in total. The molecule has 0 radical (unpaired) electrons. The summed E-state index contributed by atoms with van der Waals surface area (Å²) < 4.78 is 1.77. The Hall–Kier alpha value is -1.09. The number of hydrogen-bond donors (Lipinski definition) is 0. The number of fused-ring (bicyclic) bond motifs is 1. The molecule has 0 amide bonds. The normalized spacial score (nSPS) is 10.5. The Morgan fingerprint density at radius 1 is 1.50 bits per heavy atom. The van der Waals surface area contributed by atoms with Crippen LogP contribution in [0, 0.1) is 0 Å². The molecule has 2 rings (SSSR count). The Labute approximate surface area is 62.3 Å².